The van der Waals surface area contributed by atoms with Crippen molar-refractivity contribution in [2.24, 2.45) is 5.10 Å². The van der Waals surface area contributed by atoms with Crippen molar-refractivity contribution in [1.82, 2.24) is 25.1 Å². The highest BCUT2D eigenvalue weighted by molar-refractivity contribution is 7.99. The Balaban J connectivity index is 1.25. The summed E-state index contributed by atoms with van der Waals surface area (Å²) in [5.74, 6) is 1.58. The van der Waals surface area contributed by atoms with Crippen molar-refractivity contribution in [2.75, 3.05) is 27.1 Å². The minimum absolute atomic E-state index is 0.0496. The largest absolute Gasteiger partial charge is 0.497 e. The lowest BCUT2D eigenvalue weighted by atomic mass is 10.00. The number of thioether (sulfide) groups is 1. The number of aryl methyl sites for hydroxylation is 1. The van der Waals surface area contributed by atoms with E-state index in [1.165, 1.54) is 26.0 Å². The van der Waals surface area contributed by atoms with Crippen molar-refractivity contribution in [3.8, 4) is 22.9 Å². The van der Waals surface area contributed by atoms with Gasteiger partial charge in [0.05, 0.1) is 55.9 Å². The van der Waals surface area contributed by atoms with Gasteiger partial charge in [-0.05, 0) is 48.2 Å². The molecule has 0 fully saturated rings. The summed E-state index contributed by atoms with van der Waals surface area (Å²) in [4.78, 5) is 28.1. The van der Waals surface area contributed by atoms with E-state index < -0.39 is 0 Å². The summed E-state index contributed by atoms with van der Waals surface area (Å²) in [5.41, 5.74) is 4.10. The molecule has 11 nitrogen and oxygen atoms in total. The van der Waals surface area contributed by atoms with E-state index in [-0.39, 0.29) is 30.2 Å². The van der Waals surface area contributed by atoms with Gasteiger partial charge in [-0.25, -0.2) is 5.01 Å². The first-order chi connectivity index (χ1) is 23.4. The van der Waals surface area contributed by atoms with Crippen LogP contribution in [0, 0.1) is 6.92 Å². The number of hydrogen-bond acceptors (Lipinski definition) is 10. The quantitative estimate of drug-likeness (QED) is 0.158. The van der Waals surface area contributed by atoms with Crippen LogP contribution < -0.4 is 19.5 Å². The van der Waals surface area contributed by atoms with Gasteiger partial charge in [-0.3, -0.25) is 14.2 Å². The minimum atomic E-state index is -0.346. The van der Waals surface area contributed by atoms with Crippen LogP contribution in [-0.4, -0.2) is 64.4 Å². The lowest BCUT2D eigenvalue weighted by molar-refractivity contribution is -0.130. The summed E-state index contributed by atoms with van der Waals surface area (Å²) in [6, 6.07) is 24.4. The molecule has 13 heteroatoms. The van der Waals surface area contributed by atoms with Gasteiger partial charge in [0.2, 0.25) is 0 Å². The number of benzene rings is 3. The predicted octanol–water partition coefficient (Wildman–Crippen LogP) is 6.06. The summed E-state index contributed by atoms with van der Waals surface area (Å²) in [7, 11) is 4.63. The first-order valence-corrected chi connectivity index (χ1v) is 17.0. The number of aromatic nitrogens is 3. The summed E-state index contributed by atoms with van der Waals surface area (Å²) in [6.07, 6.45) is 0.625. The fraction of sp³-hybridized carbons (Fsp3) is 0.229. The summed E-state index contributed by atoms with van der Waals surface area (Å²) in [6.45, 7) is 2.09. The molecule has 5 aromatic rings. The fourth-order valence-electron chi connectivity index (χ4n) is 5.34. The molecule has 6 rings (SSSR count). The Morgan fingerprint density at radius 2 is 1.69 bits per heavy atom. The number of amides is 2. The second-order valence-corrected chi connectivity index (χ2v) is 12.8. The van der Waals surface area contributed by atoms with Gasteiger partial charge in [-0.2, -0.15) is 5.10 Å². The normalized spacial score (nSPS) is 14.0. The van der Waals surface area contributed by atoms with Crippen molar-refractivity contribution >= 4 is 40.6 Å². The number of ether oxygens (including phenoxy) is 3. The number of carbonyl (C=O) groups is 2. The van der Waals surface area contributed by atoms with E-state index in [9.17, 15) is 9.59 Å². The van der Waals surface area contributed by atoms with Crippen LogP contribution in [0.4, 0.5) is 0 Å². The Hall–Kier alpha value is -5.14. The zero-order valence-corrected chi connectivity index (χ0v) is 28.5. The Morgan fingerprint density at radius 3 is 2.38 bits per heavy atom. The topological polar surface area (TPSA) is 120 Å². The number of thiophene rings is 1. The molecule has 48 heavy (non-hydrogen) atoms. The number of hydrogen-bond donors (Lipinski definition) is 1. The molecule has 0 spiro atoms. The molecule has 1 aliphatic heterocycles. The molecule has 0 aliphatic carbocycles. The van der Waals surface area contributed by atoms with E-state index in [4.69, 9.17) is 19.3 Å². The van der Waals surface area contributed by atoms with Crippen molar-refractivity contribution in [1.29, 1.82) is 0 Å². The first kappa shape index (κ1) is 32.8. The highest BCUT2D eigenvalue weighted by Crippen LogP contribution is 2.35. The van der Waals surface area contributed by atoms with Gasteiger partial charge < -0.3 is 19.5 Å². The maximum atomic E-state index is 13.9. The molecular formula is C35H34N6O5S2. The fourth-order valence-corrected chi connectivity index (χ4v) is 6.87. The van der Waals surface area contributed by atoms with Crippen molar-refractivity contribution in [2.45, 2.75) is 31.1 Å². The number of nitrogens with one attached hydrogen (secondary N) is 1. The van der Waals surface area contributed by atoms with Crippen LogP contribution in [0.2, 0.25) is 0 Å². The van der Waals surface area contributed by atoms with Gasteiger partial charge in [-0.1, -0.05) is 59.8 Å². The highest BCUT2D eigenvalue weighted by atomic mass is 32.2. The van der Waals surface area contributed by atoms with Crippen molar-refractivity contribution in [3.05, 3.63) is 112 Å². The average Bonchev–Trinajstić information content (AvgIpc) is 3.90. The third-order valence-electron chi connectivity index (χ3n) is 7.81. The molecule has 0 unspecified atom stereocenters. The van der Waals surface area contributed by atoms with E-state index in [1.54, 1.807) is 46.2 Å². The third-order valence-corrected chi connectivity index (χ3v) is 9.64. The van der Waals surface area contributed by atoms with E-state index in [1.807, 2.05) is 48.7 Å². The second-order valence-electron chi connectivity index (χ2n) is 10.9. The molecule has 0 saturated carbocycles. The molecule has 0 bridgehead atoms. The van der Waals surface area contributed by atoms with E-state index in [0.29, 0.717) is 45.9 Å². The molecule has 3 aromatic carbocycles. The molecule has 0 saturated heterocycles. The number of nitrogens with zero attached hydrogens (tertiary/aromatic N) is 5. The van der Waals surface area contributed by atoms with Crippen LogP contribution in [-0.2, 0) is 11.3 Å². The zero-order chi connectivity index (χ0) is 33.6. The van der Waals surface area contributed by atoms with Crippen molar-refractivity contribution in [3.63, 3.8) is 0 Å². The van der Waals surface area contributed by atoms with Gasteiger partial charge in [0.1, 0.15) is 17.2 Å². The number of hydrazone groups is 1. The van der Waals surface area contributed by atoms with Gasteiger partial charge in [0.25, 0.3) is 11.8 Å². The van der Waals surface area contributed by atoms with Gasteiger partial charge >= 0.3 is 0 Å². The monoisotopic (exact) mass is 682 g/mol. The molecule has 2 aromatic heterocycles. The number of para-hydroxylation sites is 2. The molecule has 1 atom stereocenters. The van der Waals surface area contributed by atoms with Crippen molar-refractivity contribution < 1.29 is 23.8 Å². The molecule has 3 heterocycles. The number of rotatable bonds is 12. The molecule has 246 valence electrons. The number of methoxy groups -OCH3 is 3. The summed E-state index contributed by atoms with van der Waals surface area (Å²) in [5, 5.41) is 20.7. The number of carbonyl (C=O) groups excluding carboxylic acids is 2. The lowest BCUT2D eigenvalue weighted by Crippen LogP contribution is -2.28. The van der Waals surface area contributed by atoms with Gasteiger partial charge in [0.15, 0.2) is 11.0 Å². The van der Waals surface area contributed by atoms with E-state index in [2.05, 4.69) is 39.8 Å². The molecule has 1 N–H and O–H groups in total. The zero-order valence-electron chi connectivity index (χ0n) is 26.9. The third kappa shape index (κ3) is 7.06. The second kappa shape index (κ2) is 14.7. The SMILES string of the molecule is COc1cc(OC)cc(C(=O)NCc2nnc(SCC(=O)N3N=C(c4cccs4)C[C@H]3c3ccc(C)cc3)n2-c2ccccc2OC)c1. The van der Waals surface area contributed by atoms with Gasteiger partial charge in [0, 0.05) is 18.1 Å². The van der Waals surface area contributed by atoms with Crippen LogP contribution >= 0.6 is 23.1 Å². The lowest BCUT2D eigenvalue weighted by Gasteiger charge is -2.22. The molecule has 0 radical (unpaired) electrons. The smallest absolute Gasteiger partial charge is 0.253 e. The van der Waals surface area contributed by atoms with Crippen LogP contribution in [0.3, 0.4) is 0 Å². The van der Waals surface area contributed by atoms with Gasteiger partial charge in [-0.15, -0.1) is 21.5 Å². The average molecular weight is 683 g/mol. The summed E-state index contributed by atoms with van der Waals surface area (Å²) < 4.78 is 18.1. The van der Waals surface area contributed by atoms with E-state index >= 15 is 0 Å². The Labute approximate surface area is 286 Å². The van der Waals surface area contributed by atoms with Crippen LogP contribution in [0.25, 0.3) is 5.69 Å². The minimum Gasteiger partial charge on any atom is -0.497 e. The highest BCUT2D eigenvalue weighted by Gasteiger charge is 2.34. The Morgan fingerprint density at radius 1 is 0.938 bits per heavy atom. The Kier molecular flexibility index (Phi) is 10.1. The predicted molar refractivity (Wildman–Crippen MR) is 186 cm³/mol. The molecule has 2 amide bonds. The van der Waals surface area contributed by atoms with Crippen LogP contribution in [0.15, 0.2) is 94.5 Å². The van der Waals surface area contributed by atoms with Crippen LogP contribution in [0.1, 0.15) is 44.6 Å². The van der Waals surface area contributed by atoms with E-state index in [0.717, 1.165) is 21.7 Å². The molecule has 1 aliphatic rings. The molecular weight excluding hydrogens is 649 g/mol. The first-order valence-electron chi connectivity index (χ1n) is 15.1. The standard InChI is InChI=1S/C35H34N6O5S2/c1-22-11-13-23(14-12-22)29-19-27(31-10-7-15-47-31)39-41(29)33(42)21-48-35-38-37-32(40(35)28-8-5-6-9-30(28)46-4)20-36-34(43)24-16-25(44-2)18-26(17-24)45-3/h5-18,29H,19-21H2,1-4H3,(H,36,43)/t29-/m0/s1. The maximum absolute atomic E-state index is 13.9. The Bertz CT molecular complexity index is 1920. The van der Waals surface area contributed by atoms with Crippen LogP contribution in [0.5, 0.6) is 17.2 Å². The summed E-state index contributed by atoms with van der Waals surface area (Å²) >= 11 is 2.85. The maximum Gasteiger partial charge on any atom is 0.253 e.